The molecule has 0 radical (unpaired) electrons. The third-order valence-electron chi connectivity index (χ3n) is 1.91. The molecule has 0 bridgehead atoms. The summed E-state index contributed by atoms with van der Waals surface area (Å²) in [5, 5.41) is 3.08. The summed E-state index contributed by atoms with van der Waals surface area (Å²) in [7, 11) is 1.96. The van der Waals surface area contributed by atoms with Gasteiger partial charge >= 0.3 is 0 Å². The van der Waals surface area contributed by atoms with Crippen molar-refractivity contribution in [2.24, 2.45) is 0 Å². The summed E-state index contributed by atoms with van der Waals surface area (Å²) in [6.45, 7) is 0. The van der Waals surface area contributed by atoms with E-state index in [0.29, 0.717) is 0 Å². The van der Waals surface area contributed by atoms with E-state index in [-0.39, 0.29) is 6.35 Å². The zero-order valence-corrected chi connectivity index (χ0v) is 7.47. The van der Waals surface area contributed by atoms with E-state index in [0.717, 1.165) is 5.75 Å². The fourth-order valence-corrected chi connectivity index (χ4v) is 1.18. The molecular weight excluding hydrogens is 164 g/mol. The second-order valence-corrected chi connectivity index (χ2v) is 2.93. The van der Waals surface area contributed by atoms with Crippen LogP contribution in [0.5, 0.6) is 5.75 Å². The Kier molecular flexibility index (Phi) is 2.08. The van der Waals surface area contributed by atoms with Crippen LogP contribution in [-0.2, 0) is 0 Å². The van der Waals surface area contributed by atoms with Gasteiger partial charge in [-0.3, -0.25) is 0 Å². The van der Waals surface area contributed by atoms with E-state index in [1.54, 1.807) is 0 Å². The number of para-hydroxylation sites is 1. The maximum Gasteiger partial charge on any atom is 0.250 e. The second-order valence-electron chi connectivity index (χ2n) is 2.93. The molecule has 0 aromatic heterocycles. The molecule has 13 heavy (non-hydrogen) atoms. The standard InChI is InChI=1S/C10H12N2O/c1-12-8-7-11-10(12)13-9-5-3-2-4-6-9/h2-8,10-11H,1H3. The lowest BCUT2D eigenvalue weighted by Gasteiger charge is -2.21. The van der Waals surface area contributed by atoms with Crippen molar-refractivity contribution in [3.63, 3.8) is 0 Å². The number of rotatable bonds is 2. The highest BCUT2D eigenvalue weighted by molar-refractivity contribution is 5.21. The summed E-state index contributed by atoms with van der Waals surface area (Å²) < 4.78 is 5.64. The molecule has 1 atom stereocenters. The molecule has 1 heterocycles. The number of benzene rings is 1. The highest BCUT2D eigenvalue weighted by Crippen LogP contribution is 2.12. The molecule has 3 nitrogen and oxygen atoms in total. The minimum Gasteiger partial charge on any atom is -0.452 e. The van der Waals surface area contributed by atoms with Crippen LogP contribution in [0.1, 0.15) is 0 Å². The number of hydrogen-bond donors (Lipinski definition) is 1. The van der Waals surface area contributed by atoms with Crippen molar-refractivity contribution in [3.8, 4) is 5.75 Å². The minimum atomic E-state index is -0.0811. The summed E-state index contributed by atoms with van der Waals surface area (Å²) in [4.78, 5) is 1.97. The van der Waals surface area contributed by atoms with Gasteiger partial charge in [0.2, 0.25) is 6.35 Å². The van der Waals surface area contributed by atoms with Gasteiger partial charge in [0.1, 0.15) is 5.75 Å². The Hall–Kier alpha value is -1.64. The Bertz CT molecular complexity index is 297. The van der Waals surface area contributed by atoms with Gasteiger partial charge in [-0.1, -0.05) is 18.2 Å². The first-order valence-corrected chi connectivity index (χ1v) is 4.22. The van der Waals surface area contributed by atoms with E-state index in [1.165, 1.54) is 0 Å². The van der Waals surface area contributed by atoms with Crippen LogP contribution >= 0.6 is 0 Å². The zero-order valence-electron chi connectivity index (χ0n) is 7.47. The third-order valence-corrected chi connectivity index (χ3v) is 1.91. The average Bonchev–Trinajstić information content (AvgIpc) is 2.54. The third kappa shape index (κ3) is 1.75. The van der Waals surface area contributed by atoms with E-state index in [4.69, 9.17) is 4.74 Å². The molecule has 68 valence electrons. The molecule has 1 aliphatic heterocycles. The predicted molar refractivity (Wildman–Crippen MR) is 50.9 cm³/mol. The van der Waals surface area contributed by atoms with Crippen molar-refractivity contribution in [2.45, 2.75) is 6.35 Å². The van der Waals surface area contributed by atoms with E-state index in [2.05, 4.69) is 5.32 Å². The van der Waals surface area contributed by atoms with Crippen LogP contribution in [0.4, 0.5) is 0 Å². The second kappa shape index (κ2) is 3.39. The van der Waals surface area contributed by atoms with Gasteiger partial charge in [0.25, 0.3) is 0 Å². The minimum absolute atomic E-state index is 0.0811. The van der Waals surface area contributed by atoms with Crippen LogP contribution in [0.25, 0.3) is 0 Å². The fourth-order valence-electron chi connectivity index (χ4n) is 1.18. The maximum atomic E-state index is 5.64. The Morgan fingerprint density at radius 3 is 2.69 bits per heavy atom. The number of nitrogens with one attached hydrogen (secondary N) is 1. The SMILES string of the molecule is CN1C=CNC1Oc1ccccc1. The van der Waals surface area contributed by atoms with Crippen molar-refractivity contribution in [1.29, 1.82) is 0 Å². The van der Waals surface area contributed by atoms with E-state index in [9.17, 15) is 0 Å². The molecule has 2 rings (SSSR count). The van der Waals surface area contributed by atoms with Crippen LogP contribution in [0.3, 0.4) is 0 Å². The van der Waals surface area contributed by atoms with Crippen LogP contribution < -0.4 is 10.1 Å². The fraction of sp³-hybridized carbons (Fsp3) is 0.200. The number of hydrogen-bond acceptors (Lipinski definition) is 3. The van der Waals surface area contributed by atoms with Gasteiger partial charge < -0.3 is 15.0 Å². The largest absolute Gasteiger partial charge is 0.452 e. The smallest absolute Gasteiger partial charge is 0.250 e. The summed E-state index contributed by atoms with van der Waals surface area (Å²) in [6, 6.07) is 9.76. The Balaban J connectivity index is 1.99. The lowest BCUT2D eigenvalue weighted by Crippen LogP contribution is -2.37. The van der Waals surface area contributed by atoms with Crippen LogP contribution in [0.2, 0.25) is 0 Å². The Morgan fingerprint density at radius 1 is 1.31 bits per heavy atom. The molecule has 0 saturated heterocycles. The molecule has 0 saturated carbocycles. The van der Waals surface area contributed by atoms with Crippen molar-refractivity contribution >= 4 is 0 Å². The van der Waals surface area contributed by atoms with Crippen molar-refractivity contribution in [2.75, 3.05) is 7.05 Å². The number of ether oxygens (including phenoxy) is 1. The van der Waals surface area contributed by atoms with Gasteiger partial charge in [0.15, 0.2) is 0 Å². The summed E-state index contributed by atoms with van der Waals surface area (Å²) in [6.07, 6.45) is 3.73. The van der Waals surface area contributed by atoms with E-state index < -0.39 is 0 Å². The van der Waals surface area contributed by atoms with Crippen molar-refractivity contribution in [3.05, 3.63) is 42.7 Å². The summed E-state index contributed by atoms with van der Waals surface area (Å²) in [5.41, 5.74) is 0. The monoisotopic (exact) mass is 176 g/mol. The molecule has 1 aromatic carbocycles. The molecule has 1 N–H and O–H groups in total. The first kappa shape index (κ1) is 7.98. The van der Waals surface area contributed by atoms with Gasteiger partial charge in [-0.25, -0.2) is 0 Å². The topological polar surface area (TPSA) is 24.5 Å². The van der Waals surface area contributed by atoms with E-state index in [1.807, 2.05) is 54.7 Å². The predicted octanol–water partition coefficient (Wildman–Crippen LogP) is 1.36. The molecule has 1 aliphatic rings. The molecule has 1 unspecified atom stereocenters. The molecule has 3 heteroatoms. The molecule has 0 amide bonds. The van der Waals surface area contributed by atoms with Gasteiger partial charge in [-0.15, -0.1) is 0 Å². The molecular formula is C10H12N2O. The highest BCUT2D eigenvalue weighted by atomic mass is 16.5. The first-order chi connectivity index (χ1) is 6.36. The molecule has 0 aliphatic carbocycles. The molecule has 0 fully saturated rings. The van der Waals surface area contributed by atoms with Crippen molar-refractivity contribution in [1.82, 2.24) is 10.2 Å². The van der Waals surface area contributed by atoms with Gasteiger partial charge in [0, 0.05) is 19.4 Å². The van der Waals surface area contributed by atoms with Crippen LogP contribution in [0.15, 0.2) is 42.7 Å². The molecule has 0 spiro atoms. The van der Waals surface area contributed by atoms with Crippen LogP contribution in [0, 0.1) is 0 Å². The maximum absolute atomic E-state index is 5.64. The van der Waals surface area contributed by atoms with Gasteiger partial charge in [-0.05, 0) is 12.1 Å². The average molecular weight is 176 g/mol. The normalized spacial score (nSPS) is 20.1. The van der Waals surface area contributed by atoms with Gasteiger partial charge in [0.05, 0.1) is 0 Å². The lowest BCUT2D eigenvalue weighted by atomic mass is 10.3. The van der Waals surface area contributed by atoms with Crippen molar-refractivity contribution < 1.29 is 4.74 Å². The van der Waals surface area contributed by atoms with E-state index >= 15 is 0 Å². The summed E-state index contributed by atoms with van der Waals surface area (Å²) >= 11 is 0. The highest BCUT2D eigenvalue weighted by Gasteiger charge is 2.15. The molecule has 1 aromatic rings. The lowest BCUT2D eigenvalue weighted by molar-refractivity contribution is 0.0764. The zero-order chi connectivity index (χ0) is 9.10. The quantitative estimate of drug-likeness (QED) is 0.736. The Labute approximate surface area is 77.6 Å². The Morgan fingerprint density at radius 2 is 2.08 bits per heavy atom. The van der Waals surface area contributed by atoms with Crippen LogP contribution in [-0.4, -0.2) is 18.3 Å². The summed E-state index contributed by atoms with van der Waals surface area (Å²) in [5.74, 6) is 0.871. The first-order valence-electron chi connectivity index (χ1n) is 4.22. The number of nitrogens with zero attached hydrogens (tertiary/aromatic N) is 1. The van der Waals surface area contributed by atoms with Gasteiger partial charge in [-0.2, -0.15) is 0 Å².